The normalized spacial score (nSPS) is 11.4. The fourth-order valence-corrected chi connectivity index (χ4v) is 2.36. The summed E-state index contributed by atoms with van der Waals surface area (Å²) >= 11 is 0.791. The van der Waals surface area contributed by atoms with Crippen LogP contribution in [0.2, 0.25) is 0 Å². The van der Waals surface area contributed by atoms with Gasteiger partial charge in [0.15, 0.2) is 5.16 Å². The summed E-state index contributed by atoms with van der Waals surface area (Å²) in [4.78, 5) is 18.8. The van der Waals surface area contributed by atoms with E-state index in [0.29, 0.717) is 11.1 Å². The van der Waals surface area contributed by atoms with Crippen LogP contribution in [0.4, 0.5) is 17.6 Å². The molecule has 0 unspecified atom stereocenters. The van der Waals surface area contributed by atoms with Crippen LogP contribution in [0.25, 0.3) is 0 Å². The zero-order valence-electron chi connectivity index (χ0n) is 12.5. The van der Waals surface area contributed by atoms with Crippen LogP contribution in [0.15, 0.2) is 35.6 Å². The molecule has 2 rings (SSSR count). The smallest absolute Gasteiger partial charge is 0.351 e. The maximum Gasteiger partial charge on any atom is 0.433 e. The summed E-state index contributed by atoms with van der Waals surface area (Å²) in [5, 5.41) is 2.42. The van der Waals surface area contributed by atoms with Crippen LogP contribution >= 0.6 is 11.8 Å². The predicted octanol–water partition coefficient (Wildman–Crippen LogP) is 3.35. The molecule has 1 N–H and O–H groups in total. The molecule has 0 radical (unpaired) electrons. The van der Waals surface area contributed by atoms with Crippen molar-refractivity contribution in [3.05, 3.63) is 53.1 Å². The van der Waals surface area contributed by atoms with Gasteiger partial charge in [-0.05, 0) is 30.2 Å². The van der Waals surface area contributed by atoms with E-state index in [4.69, 9.17) is 0 Å². The highest BCUT2D eigenvalue weighted by Crippen LogP contribution is 2.28. The molecule has 1 aromatic carbocycles. The van der Waals surface area contributed by atoms with E-state index >= 15 is 0 Å². The second-order valence-electron chi connectivity index (χ2n) is 4.87. The summed E-state index contributed by atoms with van der Waals surface area (Å²) in [5.41, 5.74) is 0.0321. The number of carbonyl (C=O) groups excluding carboxylic acids is 1. The van der Waals surface area contributed by atoms with E-state index in [0.717, 1.165) is 24.0 Å². The molecule has 0 saturated carbocycles. The average Bonchev–Trinajstić information content (AvgIpc) is 2.53. The molecular weight excluding hydrogens is 346 g/mol. The summed E-state index contributed by atoms with van der Waals surface area (Å²) in [6.45, 7) is 1.75. The molecule has 0 spiro atoms. The zero-order valence-corrected chi connectivity index (χ0v) is 13.3. The third-order valence-corrected chi connectivity index (χ3v) is 3.84. The molecule has 24 heavy (non-hydrogen) atoms. The molecule has 0 fully saturated rings. The minimum Gasteiger partial charge on any atom is -0.351 e. The van der Waals surface area contributed by atoms with Crippen molar-refractivity contribution in [3.8, 4) is 0 Å². The zero-order chi connectivity index (χ0) is 17.7. The van der Waals surface area contributed by atoms with Crippen molar-refractivity contribution in [1.82, 2.24) is 15.3 Å². The van der Waals surface area contributed by atoms with Gasteiger partial charge in [-0.3, -0.25) is 4.79 Å². The van der Waals surface area contributed by atoms with E-state index in [-0.39, 0.29) is 23.3 Å². The van der Waals surface area contributed by atoms with Crippen LogP contribution < -0.4 is 5.32 Å². The number of nitrogens with zero attached hydrogens (tertiary/aromatic N) is 2. The molecule has 1 heterocycles. The summed E-state index contributed by atoms with van der Waals surface area (Å²) < 4.78 is 51.0. The fraction of sp³-hybridized carbons (Fsp3) is 0.267. The topological polar surface area (TPSA) is 54.9 Å². The number of benzene rings is 1. The largest absolute Gasteiger partial charge is 0.433 e. The first-order valence-electron chi connectivity index (χ1n) is 6.80. The number of thioether (sulfide) groups is 1. The lowest BCUT2D eigenvalue weighted by Crippen LogP contribution is -2.24. The van der Waals surface area contributed by atoms with E-state index in [1.165, 1.54) is 6.07 Å². The maximum atomic E-state index is 13.4. The summed E-state index contributed by atoms with van der Waals surface area (Å²) in [7, 11) is 0. The van der Waals surface area contributed by atoms with Crippen LogP contribution in [-0.4, -0.2) is 21.6 Å². The quantitative estimate of drug-likeness (QED) is 0.505. The van der Waals surface area contributed by atoms with Crippen molar-refractivity contribution in [2.45, 2.75) is 24.8 Å². The second-order valence-corrected chi connectivity index (χ2v) is 5.81. The van der Waals surface area contributed by atoms with Gasteiger partial charge in [-0.2, -0.15) is 13.2 Å². The number of alkyl halides is 3. The lowest BCUT2D eigenvalue weighted by molar-refractivity contribution is -0.141. The Morgan fingerprint density at radius 3 is 2.71 bits per heavy atom. The maximum absolute atomic E-state index is 13.4. The van der Waals surface area contributed by atoms with Gasteiger partial charge >= 0.3 is 6.18 Å². The Kier molecular flexibility index (Phi) is 5.76. The van der Waals surface area contributed by atoms with Gasteiger partial charge in [-0.25, -0.2) is 14.4 Å². The van der Waals surface area contributed by atoms with Gasteiger partial charge < -0.3 is 5.32 Å². The number of hydrogen-bond acceptors (Lipinski definition) is 4. The number of hydrogen-bond donors (Lipinski definition) is 1. The third-order valence-electron chi connectivity index (χ3n) is 2.98. The Hall–Kier alpha value is -2.16. The minimum atomic E-state index is -4.56. The standard InChI is InChI=1S/C15H13F4N3OS/c1-9-2-3-10(6-11(9)16)7-21-13(23)8-24-14-20-5-4-12(22-14)15(17,18)19/h2-6H,7-8H2,1H3,(H,21,23). The van der Waals surface area contributed by atoms with Gasteiger partial charge in [0.25, 0.3) is 0 Å². The fourth-order valence-electron chi connectivity index (χ4n) is 1.70. The van der Waals surface area contributed by atoms with Crippen molar-refractivity contribution in [2.75, 3.05) is 5.75 Å². The Balaban J connectivity index is 1.86. The van der Waals surface area contributed by atoms with E-state index in [1.54, 1.807) is 19.1 Å². The monoisotopic (exact) mass is 359 g/mol. The number of aryl methyl sites for hydroxylation is 1. The van der Waals surface area contributed by atoms with Gasteiger partial charge in [-0.1, -0.05) is 23.9 Å². The van der Waals surface area contributed by atoms with Gasteiger partial charge in [0.2, 0.25) is 5.91 Å². The SMILES string of the molecule is Cc1ccc(CNC(=O)CSc2nccc(C(F)(F)F)n2)cc1F. The van der Waals surface area contributed by atoms with Crippen LogP contribution in [0.5, 0.6) is 0 Å². The van der Waals surface area contributed by atoms with Gasteiger partial charge in [0.1, 0.15) is 11.5 Å². The molecule has 0 aliphatic carbocycles. The number of rotatable bonds is 5. The molecule has 1 aromatic heterocycles. The van der Waals surface area contributed by atoms with E-state index in [1.807, 2.05) is 0 Å². The Bertz CT molecular complexity index is 737. The first kappa shape index (κ1) is 18.2. The number of carbonyl (C=O) groups is 1. The van der Waals surface area contributed by atoms with Crippen LogP contribution in [0.3, 0.4) is 0 Å². The van der Waals surface area contributed by atoms with Crippen molar-refractivity contribution in [1.29, 1.82) is 0 Å². The lowest BCUT2D eigenvalue weighted by Gasteiger charge is -2.07. The number of halogens is 4. The van der Waals surface area contributed by atoms with Crippen molar-refractivity contribution >= 4 is 17.7 Å². The summed E-state index contributed by atoms with van der Waals surface area (Å²) in [6.07, 6.45) is -3.57. The molecule has 0 saturated heterocycles. The first-order chi connectivity index (χ1) is 11.3. The van der Waals surface area contributed by atoms with E-state index in [2.05, 4.69) is 15.3 Å². The molecule has 0 aliphatic heterocycles. The molecule has 2 aromatic rings. The third kappa shape index (κ3) is 5.19. The molecular formula is C15H13F4N3OS. The van der Waals surface area contributed by atoms with E-state index < -0.39 is 17.8 Å². The molecule has 0 aliphatic rings. The first-order valence-corrected chi connectivity index (χ1v) is 7.79. The second kappa shape index (κ2) is 7.61. The van der Waals surface area contributed by atoms with Gasteiger partial charge in [0, 0.05) is 12.7 Å². The summed E-state index contributed by atoms with van der Waals surface area (Å²) in [5.74, 6) is -0.925. The molecule has 128 valence electrons. The van der Waals surface area contributed by atoms with Crippen LogP contribution in [0, 0.1) is 12.7 Å². The Morgan fingerprint density at radius 1 is 1.29 bits per heavy atom. The van der Waals surface area contributed by atoms with Gasteiger partial charge in [-0.15, -0.1) is 0 Å². The average molecular weight is 359 g/mol. The number of nitrogens with one attached hydrogen (secondary N) is 1. The van der Waals surface area contributed by atoms with Crippen molar-refractivity contribution in [3.63, 3.8) is 0 Å². The van der Waals surface area contributed by atoms with E-state index in [9.17, 15) is 22.4 Å². The summed E-state index contributed by atoms with van der Waals surface area (Å²) in [6, 6.07) is 5.36. The van der Waals surface area contributed by atoms with Crippen LogP contribution in [0.1, 0.15) is 16.8 Å². The Labute approximate surface area is 139 Å². The number of amides is 1. The molecule has 4 nitrogen and oxygen atoms in total. The highest BCUT2D eigenvalue weighted by atomic mass is 32.2. The predicted molar refractivity (Wildman–Crippen MR) is 80.7 cm³/mol. The lowest BCUT2D eigenvalue weighted by atomic mass is 10.1. The molecule has 0 bridgehead atoms. The Morgan fingerprint density at radius 2 is 2.04 bits per heavy atom. The molecule has 0 atom stereocenters. The van der Waals surface area contributed by atoms with Crippen molar-refractivity contribution in [2.24, 2.45) is 0 Å². The highest BCUT2D eigenvalue weighted by molar-refractivity contribution is 7.99. The van der Waals surface area contributed by atoms with Crippen LogP contribution in [-0.2, 0) is 17.5 Å². The molecule has 1 amide bonds. The van der Waals surface area contributed by atoms with Crippen molar-refractivity contribution < 1.29 is 22.4 Å². The highest BCUT2D eigenvalue weighted by Gasteiger charge is 2.32. The van der Waals surface area contributed by atoms with Gasteiger partial charge in [0.05, 0.1) is 5.75 Å². The molecule has 9 heteroatoms. The minimum absolute atomic E-state index is 0.125. The number of aromatic nitrogens is 2.